The predicted octanol–water partition coefficient (Wildman–Crippen LogP) is 3.83. The molecule has 0 radical (unpaired) electrons. The Morgan fingerprint density at radius 2 is 2.19 bits per heavy atom. The quantitative estimate of drug-likeness (QED) is 0.739. The van der Waals surface area contributed by atoms with Gasteiger partial charge in [-0.3, -0.25) is 0 Å². The molecule has 4 rings (SSSR count). The van der Waals surface area contributed by atoms with E-state index in [1.165, 1.54) is 12.1 Å². The topological polar surface area (TPSA) is 67.6 Å². The summed E-state index contributed by atoms with van der Waals surface area (Å²) in [5, 5.41) is 4.82. The van der Waals surface area contributed by atoms with Crippen molar-refractivity contribution in [1.82, 2.24) is 15.2 Å². The second-order valence-electron chi connectivity index (χ2n) is 6.14. The van der Waals surface area contributed by atoms with Gasteiger partial charge in [-0.1, -0.05) is 18.2 Å². The zero-order valence-corrected chi connectivity index (χ0v) is 15.2. The zero-order chi connectivity index (χ0) is 18.6. The SMILES string of the molecule is O=C(NCc1coc(-c2cccs2)n1)N1CCOC(c2ccc(F)cc2)C1. The first-order valence-electron chi connectivity index (χ1n) is 8.57. The Kier molecular flexibility index (Phi) is 5.17. The van der Waals surface area contributed by atoms with E-state index in [0.29, 0.717) is 31.3 Å². The fourth-order valence-electron chi connectivity index (χ4n) is 2.89. The number of carbonyl (C=O) groups excluding carboxylic acids is 1. The van der Waals surface area contributed by atoms with Gasteiger partial charge in [0.25, 0.3) is 0 Å². The Labute approximate surface area is 159 Å². The number of oxazole rings is 1. The van der Waals surface area contributed by atoms with Gasteiger partial charge in [0.05, 0.1) is 30.3 Å². The van der Waals surface area contributed by atoms with Crippen LogP contribution in [0.25, 0.3) is 10.8 Å². The van der Waals surface area contributed by atoms with Crippen LogP contribution in [0.4, 0.5) is 9.18 Å². The van der Waals surface area contributed by atoms with Crippen LogP contribution in [0.5, 0.6) is 0 Å². The largest absolute Gasteiger partial charge is 0.443 e. The molecule has 27 heavy (non-hydrogen) atoms. The molecule has 1 fully saturated rings. The highest BCUT2D eigenvalue weighted by Gasteiger charge is 2.25. The van der Waals surface area contributed by atoms with E-state index in [9.17, 15) is 9.18 Å². The Morgan fingerprint density at radius 1 is 1.33 bits per heavy atom. The Balaban J connectivity index is 1.33. The van der Waals surface area contributed by atoms with Crippen LogP contribution in [0.15, 0.2) is 52.5 Å². The first-order chi connectivity index (χ1) is 13.2. The van der Waals surface area contributed by atoms with Gasteiger partial charge in [0.1, 0.15) is 18.2 Å². The zero-order valence-electron chi connectivity index (χ0n) is 14.4. The van der Waals surface area contributed by atoms with Gasteiger partial charge in [0, 0.05) is 6.54 Å². The minimum atomic E-state index is -0.293. The number of amides is 2. The molecular formula is C19H18FN3O3S. The third-order valence-corrected chi connectivity index (χ3v) is 5.16. The average molecular weight is 387 g/mol. The lowest BCUT2D eigenvalue weighted by Crippen LogP contribution is -2.47. The van der Waals surface area contributed by atoms with Crippen molar-refractivity contribution in [3.8, 4) is 10.8 Å². The summed E-state index contributed by atoms with van der Waals surface area (Å²) in [4.78, 5) is 19.5. The van der Waals surface area contributed by atoms with Crippen molar-refractivity contribution in [2.45, 2.75) is 12.6 Å². The van der Waals surface area contributed by atoms with Crippen LogP contribution >= 0.6 is 11.3 Å². The van der Waals surface area contributed by atoms with Crippen LogP contribution in [0.3, 0.4) is 0 Å². The summed E-state index contributed by atoms with van der Waals surface area (Å²) in [5.74, 6) is 0.260. The molecule has 140 valence electrons. The minimum absolute atomic E-state index is 0.189. The second-order valence-corrected chi connectivity index (χ2v) is 7.08. The van der Waals surface area contributed by atoms with Crippen molar-refractivity contribution in [3.05, 3.63) is 65.1 Å². The van der Waals surface area contributed by atoms with Crippen LogP contribution in [0.2, 0.25) is 0 Å². The van der Waals surface area contributed by atoms with Crippen molar-refractivity contribution in [3.63, 3.8) is 0 Å². The van der Waals surface area contributed by atoms with Crippen molar-refractivity contribution in [2.24, 2.45) is 0 Å². The van der Waals surface area contributed by atoms with Crippen molar-refractivity contribution in [2.75, 3.05) is 19.7 Å². The molecule has 6 nitrogen and oxygen atoms in total. The van der Waals surface area contributed by atoms with Crippen LogP contribution < -0.4 is 5.32 Å². The van der Waals surface area contributed by atoms with Gasteiger partial charge < -0.3 is 19.4 Å². The van der Waals surface area contributed by atoms with E-state index in [-0.39, 0.29) is 24.5 Å². The number of thiophene rings is 1. The molecule has 1 unspecified atom stereocenters. The molecule has 1 aliphatic heterocycles. The highest BCUT2D eigenvalue weighted by molar-refractivity contribution is 7.13. The number of hydrogen-bond donors (Lipinski definition) is 1. The number of rotatable bonds is 4. The first kappa shape index (κ1) is 17.7. The van der Waals surface area contributed by atoms with Crippen molar-refractivity contribution in [1.29, 1.82) is 0 Å². The number of ether oxygens (including phenoxy) is 1. The number of halogens is 1. The molecule has 0 aliphatic carbocycles. The molecule has 1 atom stereocenters. The lowest BCUT2D eigenvalue weighted by atomic mass is 10.1. The van der Waals surface area contributed by atoms with Gasteiger partial charge in [-0.25, -0.2) is 14.2 Å². The van der Waals surface area contributed by atoms with Crippen LogP contribution in [0.1, 0.15) is 17.4 Å². The smallest absolute Gasteiger partial charge is 0.317 e. The number of nitrogens with one attached hydrogen (secondary N) is 1. The maximum absolute atomic E-state index is 13.1. The highest BCUT2D eigenvalue weighted by Crippen LogP contribution is 2.24. The van der Waals surface area contributed by atoms with E-state index in [1.54, 1.807) is 34.6 Å². The molecule has 3 aromatic rings. The molecule has 0 bridgehead atoms. The van der Waals surface area contributed by atoms with E-state index < -0.39 is 0 Å². The fourth-order valence-corrected chi connectivity index (χ4v) is 3.55. The van der Waals surface area contributed by atoms with Gasteiger partial charge in [0.2, 0.25) is 5.89 Å². The molecule has 3 heterocycles. The molecule has 1 aliphatic rings. The van der Waals surface area contributed by atoms with Crippen molar-refractivity contribution >= 4 is 17.4 Å². The summed E-state index contributed by atoms with van der Waals surface area (Å²) in [5.41, 5.74) is 1.51. The van der Waals surface area contributed by atoms with Crippen LogP contribution in [-0.2, 0) is 11.3 Å². The molecule has 8 heteroatoms. The maximum atomic E-state index is 13.1. The molecule has 2 aromatic heterocycles. The Hall–Kier alpha value is -2.71. The molecule has 2 amide bonds. The van der Waals surface area contributed by atoms with E-state index in [2.05, 4.69) is 10.3 Å². The highest BCUT2D eigenvalue weighted by atomic mass is 32.1. The number of urea groups is 1. The molecule has 0 spiro atoms. The Morgan fingerprint density at radius 3 is 2.96 bits per heavy atom. The fraction of sp³-hybridized carbons (Fsp3) is 0.263. The van der Waals surface area contributed by atoms with E-state index in [0.717, 1.165) is 10.4 Å². The van der Waals surface area contributed by atoms with Crippen LogP contribution in [0, 0.1) is 5.82 Å². The summed E-state index contributed by atoms with van der Waals surface area (Å²) in [6.07, 6.45) is 1.29. The first-order valence-corrected chi connectivity index (χ1v) is 9.45. The summed E-state index contributed by atoms with van der Waals surface area (Å²) >= 11 is 1.55. The van der Waals surface area contributed by atoms with E-state index in [1.807, 2.05) is 17.5 Å². The summed E-state index contributed by atoms with van der Waals surface area (Å²) in [7, 11) is 0. The lowest BCUT2D eigenvalue weighted by molar-refractivity contribution is -0.0155. The summed E-state index contributed by atoms with van der Waals surface area (Å²) in [6, 6.07) is 9.84. The third-order valence-electron chi connectivity index (χ3n) is 4.30. The molecule has 0 saturated carbocycles. The molecule has 1 N–H and O–H groups in total. The van der Waals surface area contributed by atoms with Gasteiger partial charge in [0.15, 0.2) is 0 Å². The molecular weight excluding hydrogens is 369 g/mol. The third kappa shape index (κ3) is 4.17. The summed E-state index contributed by atoms with van der Waals surface area (Å²) in [6.45, 7) is 1.63. The van der Waals surface area contributed by atoms with Gasteiger partial charge in [-0.2, -0.15) is 0 Å². The lowest BCUT2D eigenvalue weighted by Gasteiger charge is -2.33. The summed E-state index contributed by atoms with van der Waals surface area (Å²) < 4.78 is 24.3. The minimum Gasteiger partial charge on any atom is -0.443 e. The average Bonchev–Trinajstić information content (AvgIpc) is 3.38. The number of carbonyl (C=O) groups is 1. The van der Waals surface area contributed by atoms with Gasteiger partial charge >= 0.3 is 6.03 Å². The molecule has 1 saturated heterocycles. The maximum Gasteiger partial charge on any atom is 0.317 e. The van der Waals surface area contributed by atoms with Crippen LogP contribution in [-0.4, -0.2) is 35.6 Å². The monoisotopic (exact) mass is 387 g/mol. The number of morpholine rings is 1. The van der Waals surface area contributed by atoms with E-state index in [4.69, 9.17) is 9.15 Å². The Bertz CT molecular complexity index is 895. The molecule has 1 aromatic carbocycles. The number of aromatic nitrogens is 1. The van der Waals surface area contributed by atoms with E-state index >= 15 is 0 Å². The second kappa shape index (κ2) is 7.89. The van der Waals surface area contributed by atoms with Gasteiger partial charge in [-0.05, 0) is 29.1 Å². The van der Waals surface area contributed by atoms with Crippen molar-refractivity contribution < 1.29 is 18.3 Å². The normalized spacial score (nSPS) is 17.1. The number of hydrogen-bond acceptors (Lipinski definition) is 5. The number of benzene rings is 1. The standard InChI is InChI=1S/C19H18FN3O3S/c20-14-5-3-13(4-6-14)16-11-23(7-8-25-16)19(24)21-10-15-12-26-18(22-15)17-2-1-9-27-17/h1-6,9,12,16H,7-8,10-11H2,(H,21,24). The number of nitrogens with zero attached hydrogens (tertiary/aromatic N) is 2. The predicted molar refractivity (Wildman–Crippen MR) is 98.7 cm³/mol. The van der Waals surface area contributed by atoms with Gasteiger partial charge in [-0.15, -0.1) is 11.3 Å².